The van der Waals surface area contributed by atoms with Crippen molar-refractivity contribution in [2.24, 2.45) is 5.92 Å². The summed E-state index contributed by atoms with van der Waals surface area (Å²) in [5.74, 6) is 0.327. The molecule has 1 aliphatic rings. The topological polar surface area (TPSA) is 97.6 Å². The van der Waals surface area contributed by atoms with Crippen molar-refractivity contribution < 1.29 is 18.8 Å². The second-order valence-electron chi connectivity index (χ2n) is 8.36. The van der Waals surface area contributed by atoms with E-state index in [1.165, 1.54) is 6.07 Å². The van der Waals surface area contributed by atoms with Crippen LogP contribution >= 0.6 is 11.6 Å². The van der Waals surface area contributed by atoms with Gasteiger partial charge in [-0.3, -0.25) is 9.69 Å². The van der Waals surface area contributed by atoms with Gasteiger partial charge in [0.2, 0.25) is 17.6 Å². The molecule has 0 aliphatic carbocycles. The first-order valence-electron chi connectivity index (χ1n) is 11.3. The van der Waals surface area contributed by atoms with E-state index in [1.807, 2.05) is 31.2 Å². The molecule has 1 aliphatic heterocycles. The van der Waals surface area contributed by atoms with Gasteiger partial charge in [-0.1, -0.05) is 40.5 Å². The molecule has 9 heteroatoms. The van der Waals surface area contributed by atoms with Gasteiger partial charge in [0, 0.05) is 12.1 Å². The summed E-state index contributed by atoms with van der Waals surface area (Å²) in [6.45, 7) is 5.95. The molecule has 1 aromatic heterocycles. The van der Waals surface area contributed by atoms with Crippen LogP contribution in [-0.4, -0.2) is 46.6 Å². The van der Waals surface area contributed by atoms with Gasteiger partial charge in [-0.25, -0.2) is 4.79 Å². The van der Waals surface area contributed by atoms with Gasteiger partial charge in [0.05, 0.1) is 35.3 Å². The fraction of sp³-hybridized carbons (Fsp3) is 0.360. The molecule has 34 heavy (non-hydrogen) atoms. The van der Waals surface area contributed by atoms with Crippen molar-refractivity contribution >= 4 is 29.2 Å². The molecule has 1 saturated heterocycles. The van der Waals surface area contributed by atoms with E-state index >= 15 is 0 Å². The molecule has 0 spiro atoms. The van der Waals surface area contributed by atoms with Gasteiger partial charge in [-0.15, -0.1) is 0 Å². The number of ether oxygens (including phenoxy) is 1. The number of esters is 1. The van der Waals surface area contributed by atoms with Crippen LogP contribution in [0.2, 0.25) is 5.02 Å². The van der Waals surface area contributed by atoms with E-state index in [0.717, 1.165) is 30.5 Å². The van der Waals surface area contributed by atoms with Gasteiger partial charge < -0.3 is 14.6 Å². The maximum atomic E-state index is 12.9. The average molecular weight is 483 g/mol. The van der Waals surface area contributed by atoms with E-state index in [0.29, 0.717) is 41.1 Å². The van der Waals surface area contributed by atoms with E-state index in [1.54, 1.807) is 19.1 Å². The molecule has 3 aromatic rings. The number of amides is 1. The number of anilines is 1. The molecule has 4 rings (SSSR count). The van der Waals surface area contributed by atoms with Crippen LogP contribution in [0.3, 0.4) is 0 Å². The summed E-state index contributed by atoms with van der Waals surface area (Å²) >= 11 is 6.29. The van der Waals surface area contributed by atoms with E-state index in [2.05, 4.69) is 20.4 Å². The van der Waals surface area contributed by atoms with E-state index < -0.39 is 5.97 Å². The summed E-state index contributed by atoms with van der Waals surface area (Å²) in [4.78, 5) is 31.5. The van der Waals surface area contributed by atoms with Crippen LogP contribution in [0.15, 0.2) is 47.0 Å². The quantitative estimate of drug-likeness (QED) is 0.486. The number of benzene rings is 2. The van der Waals surface area contributed by atoms with Gasteiger partial charge in [-0.05, 0) is 57.5 Å². The molecule has 0 saturated carbocycles. The normalized spacial score (nSPS) is 16.3. The summed E-state index contributed by atoms with van der Waals surface area (Å²) in [6.07, 6.45) is 1.66. The van der Waals surface area contributed by atoms with Crippen LogP contribution in [0.25, 0.3) is 11.4 Å². The number of halogens is 1. The van der Waals surface area contributed by atoms with Gasteiger partial charge in [0.1, 0.15) is 0 Å². The van der Waals surface area contributed by atoms with Crippen LogP contribution < -0.4 is 5.32 Å². The molecule has 1 unspecified atom stereocenters. The largest absolute Gasteiger partial charge is 0.462 e. The number of hydrogen-bond donors (Lipinski definition) is 1. The fourth-order valence-corrected chi connectivity index (χ4v) is 4.25. The number of aryl methyl sites for hydroxylation is 1. The predicted molar refractivity (Wildman–Crippen MR) is 129 cm³/mol. The van der Waals surface area contributed by atoms with Crippen molar-refractivity contribution in [3.05, 3.63) is 64.5 Å². The molecule has 1 amide bonds. The number of piperidine rings is 1. The summed E-state index contributed by atoms with van der Waals surface area (Å²) in [6, 6.07) is 12.7. The summed E-state index contributed by atoms with van der Waals surface area (Å²) in [5, 5.41) is 7.29. The summed E-state index contributed by atoms with van der Waals surface area (Å²) < 4.78 is 10.4. The van der Waals surface area contributed by atoms with Gasteiger partial charge in [0.15, 0.2) is 0 Å². The van der Waals surface area contributed by atoms with Crippen LogP contribution in [0, 0.1) is 12.8 Å². The first-order valence-corrected chi connectivity index (χ1v) is 11.7. The zero-order valence-corrected chi connectivity index (χ0v) is 20.0. The minimum absolute atomic E-state index is 0.110. The molecular weight excluding hydrogens is 456 g/mol. The maximum Gasteiger partial charge on any atom is 0.338 e. The molecule has 0 radical (unpaired) electrons. The Bertz CT molecular complexity index is 1180. The van der Waals surface area contributed by atoms with E-state index in [-0.39, 0.29) is 18.4 Å². The first-order chi connectivity index (χ1) is 16.4. The number of nitrogens with one attached hydrogen (secondary N) is 1. The number of carbonyl (C=O) groups excluding carboxylic acids is 2. The molecule has 1 fully saturated rings. The highest BCUT2D eigenvalue weighted by Crippen LogP contribution is 2.26. The SMILES string of the molecule is CCOC(=O)c1ccc(NC(=O)C2CCCN(Cc3nc(-c4cccc(C)c4)no3)C2)c(Cl)c1. The van der Waals surface area contributed by atoms with Crippen molar-refractivity contribution in [1.29, 1.82) is 0 Å². The van der Waals surface area contributed by atoms with Crippen molar-refractivity contribution in [3.63, 3.8) is 0 Å². The third kappa shape index (κ3) is 5.81. The second kappa shape index (κ2) is 10.8. The lowest BCUT2D eigenvalue weighted by Crippen LogP contribution is -2.40. The molecule has 0 bridgehead atoms. The maximum absolute atomic E-state index is 12.9. The van der Waals surface area contributed by atoms with Crippen molar-refractivity contribution in [2.75, 3.05) is 25.0 Å². The number of aromatic nitrogens is 2. The van der Waals surface area contributed by atoms with Gasteiger partial charge in [-0.2, -0.15) is 4.98 Å². The third-order valence-electron chi connectivity index (χ3n) is 5.72. The summed E-state index contributed by atoms with van der Waals surface area (Å²) in [7, 11) is 0. The van der Waals surface area contributed by atoms with E-state index in [4.69, 9.17) is 20.9 Å². The Morgan fingerprint density at radius 2 is 2.12 bits per heavy atom. The number of likely N-dealkylation sites (tertiary alicyclic amines) is 1. The molecule has 1 atom stereocenters. The average Bonchev–Trinajstić information content (AvgIpc) is 3.29. The predicted octanol–water partition coefficient (Wildman–Crippen LogP) is 4.73. The monoisotopic (exact) mass is 482 g/mol. The highest BCUT2D eigenvalue weighted by atomic mass is 35.5. The highest BCUT2D eigenvalue weighted by molar-refractivity contribution is 6.34. The first kappa shape index (κ1) is 23.9. The lowest BCUT2D eigenvalue weighted by atomic mass is 9.97. The lowest BCUT2D eigenvalue weighted by molar-refractivity contribution is -0.121. The Morgan fingerprint density at radius 1 is 1.26 bits per heavy atom. The van der Waals surface area contributed by atoms with Crippen LogP contribution in [0.1, 0.15) is 41.6 Å². The number of carbonyl (C=O) groups is 2. The number of nitrogens with zero attached hydrogens (tertiary/aromatic N) is 3. The number of hydrogen-bond acceptors (Lipinski definition) is 7. The Hall–Kier alpha value is -3.23. The molecule has 178 valence electrons. The molecule has 8 nitrogen and oxygen atoms in total. The van der Waals surface area contributed by atoms with Crippen LogP contribution in [-0.2, 0) is 16.1 Å². The van der Waals surface area contributed by atoms with Gasteiger partial charge >= 0.3 is 5.97 Å². The minimum Gasteiger partial charge on any atom is -0.462 e. The Morgan fingerprint density at radius 3 is 2.88 bits per heavy atom. The van der Waals surface area contributed by atoms with Gasteiger partial charge in [0.25, 0.3) is 0 Å². The summed E-state index contributed by atoms with van der Waals surface area (Å²) in [5.41, 5.74) is 2.86. The molecule has 2 heterocycles. The number of rotatable bonds is 7. The van der Waals surface area contributed by atoms with Crippen LogP contribution in [0.5, 0.6) is 0 Å². The Balaban J connectivity index is 1.36. The smallest absolute Gasteiger partial charge is 0.338 e. The standard InChI is InChI=1S/C25H27ClN4O4/c1-3-33-25(32)18-9-10-21(20(26)13-18)27-24(31)19-8-5-11-30(14-19)15-22-28-23(29-34-22)17-7-4-6-16(2)12-17/h4,6-7,9-10,12-13,19H,3,5,8,11,14-15H2,1-2H3,(H,27,31). The molecule has 1 N–H and O–H groups in total. The van der Waals surface area contributed by atoms with Crippen molar-refractivity contribution in [2.45, 2.75) is 33.2 Å². The molecular formula is C25H27ClN4O4. The highest BCUT2D eigenvalue weighted by Gasteiger charge is 2.27. The molecule has 2 aromatic carbocycles. The minimum atomic E-state index is -0.447. The van der Waals surface area contributed by atoms with Crippen molar-refractivity contribution in [1.82, 2.24) is 15.0 Å². The second-order valence-corrected chi connectivity index (χ2v) is 8.77. The Labute approximate surface area is 203 Å². The Kier molecular flexibility index (Phi) is 7.59. The zero-order valence-electron chi connectivity index (χ0n) is 19.2. The van der Waals surface area contributed by atoms with Crippen LogP contribution in [0.4, 0.5) is 5.69 Å². The zero-order chi connectivity index (χ0) is 24.1. The fourth-order valence-electron chi connectivity index (χ4n) is 4.02. The third-order valence-corrected chi connectivity index (χ3v) is 6.03. The van der Waals surface area contributed by atoms with E-state index in [9.17, 15) is 9.59 Å². The lowest BCUT2D eigenvalue weighted by Gasteiger charge is -2.30. The van der Waals surface area contributed by atoms with Crippen molar-refractivity contribution in [3.8, 4) is 11.4 Å².